The Morgan fingerprint density at radius 2 is 2.17 bits per heavy atom. The minimum Gasteiger partial charge on any atom is -0.381 e. The lowest BCUT2D eigenvalue weighted by Gasteiger charge is -2.22. The number of nitrogens with one attached hydrogen (secondary N) is 2. The molecule has 6 heteroatoms. The molecule has 1 fully saturated rings. The Morgan fingerprint density at radius 3 is 2.89 bits per heavy atom. The number of aromatic nitrogens is 2. The van der Waals surface area contributed by atoms with Crippen molar-refractivity contribution in [3.8, 4) is 0 Å². The van der Waals surface area contributed by atoms with Crippen molar-refractivity contribution >= 4 is 27.7 Å². The second-order valence-corrected chi connectivity index (χ2v) is 5.21. The van der Waals surface area contributed by atoms with Crippen LogP contribution < -0.4 is 10.6 Å². The van der Waals surface area contributed by atoms with E-state index in [0.29, 0.717) is 11.9 Å². The average molecular weight is 315 g/mol. The Labute approximate surface area is 116 Å². The minimum atomic E-state index is 0.662. The molecule has 100 valence electrons. The predicted molar refractivity (Wildman–Crippen MR) is 75.9 cm³/mol. The first kappa shape index (κ1) is 13.5. The quantitative estimate of drug-likeness (QED) is 0.874. The maximum absolute atomic E-state index is 5.35. The van der Waals surface area contributed by atoms with Crippen LogP contribution >= 0.6 is 15.9 Å². The fourth-order valence-corrected chi connectivity index (χ4v) is 2.26. The SMILES string of the molecule is CCNc1ncc(Br)c(NCC2CCOCC2)n1. The number of anilines is 2. The monoisotopic (exact) mass is 314 g/mol. The summed E-state index contributed by atoms with van der Waals surface area (Å²) < 4.78 is 6.25. The van der Waals surface area contributed by atoms with Gasteiger partial charge in [0.1, 0.15) is 5.82 Å². The molecule has 0 unspecified atom stereocenters. The van der Waals surface area contributed by atoms with Crippen LogP contribution in [0.25, 0.3) is 0 Å². The highest BCUT2D eigenvalue weighted by molar-refractivity contribution is 9.10. The summed E-state index contributed by atoms with van der Waals surface area (Å²) in [6.07, 6.45) is 4.02. The van der Waals surface area contributed by atoms with Gasteiger partial charge in [0.25, 0.3) is 0 Å². The molecule has 18 heavy (non-hydrogen) atoms. The van der Waals surface area contributed by atoms with Crippen LogP contribution in [0.5, 0.6) is 0 Å². The van der Waals surface area contributed by atoms with Crippen molar-refractivity contribution in [2.24, 2.45) is 5.92 Å². The molecule has 0 bridgehead atoms. The van der Waals surface area contributed by atoms with Gasteiger partial charge in [-0.3, -0.25) is 0 Å². The molecule has 0 saturated carbocycles. The maximum Gasteiger partial charge on any atom is 0.224 e. The molecule has 0 aromatic carbocycles. The van der Waals surface area contributed by atoms with Crippen LogP contribution in [-0.2, 0) is 4.74 Å². The van der Waals surface area contributed by atoms with Crippen molar-refractivity contribution in [2.45, 2.75) is 19.8 Å². The highest BCUT2D eigenvalue weighted by atomic mass is 79.9. The molecule has 1 aliphatic heterocycles. The molecule has 0 amide bonds. The normalized spacial score (nSPS) is 16.6. The van der Waals surface area contributed by atoms with E-state index in [1.807, 2.05) is 6.92 Å². The van der Waals surface area contributed by atoms with Crippen LogP contribution in [0.4, 0.5) is 11.8 Å². The van der Waals surface area contributed by atoms with E-state index in [9.17, 15) is 0 Å². The first-order chi connectivity index (χ1) is 8.79. The zero-order valence-electron chi connectivity index (χ0n) is 10.6. The summed E-state index contributed by atoms with van der Waals surface area (Å²) in [7, 11) is 0. The second kappa shape index (κ2) is 6.89. The molecule has 1 saturated heterocycles. The van der Waals surface area contributed by atoms with Crippen LogP contribution in [0.15, 0.2) is 10.7 Å². The molecule has 2 rings (SSSR count). The Kier molecular flexibility index (Phi) is 5.19. The van der Waals surface area contributed by atoms with Crippen molar-refractivity contribution in [1.29, 1.82) is 0 Å². The van der Waals surface area contributed by atoms with Crippen molar-refractivity contribution in [3.63, 3.8) is 0 Å². The van der Waals surface area contributed by atoms with Gasteiger partial charge in [0.2, 0.25) is 5.95 Å². The van der Waals surface area contributed by atoms with Gasteiger partial charge in [0.15, 0.2) is 0 Å². The minimum absolute atomic E-state index is 0.662. The standard InChI is InChI=1S/C12H19BrN4O/c1-2-14-12-16-8-10(13)11(17-12)15-7-9-3-5-18-6-4-9/h8-9H,2-7H2,1H3,(H2,14,15,16,17). The van der Waals surface area contributed by atoms with E-state index in [0.717, 1.165) is 49.4 Å². The van der Waals surface area contributed by atoms with E-state index >= 15 is 0 Å². The first-order valence-corrected chi connectivity index (χ1v) is 7.17. The average Bonchev–Trinajstić information content (AvgIpc) is 2.41. The van der Waals surface area contributed by atoms with Gasteiger partial charge >= 0.3 is 0 Å². The van der Waals surface area contributed by atoms with Crippen molar-refractivity contribution in [3.05, 3.63) is 10.7 Å². The predicted octanol–water partition coefficient (Wildman–Crippen LogP) is 2.51. The number of ether oxygens (including phenoxy) is 1. The zero-order chi connectivity index (χ0) is 12.8. The van der Waals surface area contributed by atoms with Crippen LogP contribution in [0.3, 0.4) is 0 Å². The van der Waals surface area contributed by atoms with Gasteiger partial charge < -0.3 is 15.4 Å². The van der Waals surface area contributed by atoms with Crippen LogP contribution in [-0.4, -0.2) is 36.3 Å². The summed E-state index contributed by atoms with van der Waals surface area (Å²) >= 11 is 3.47. The molecule has 2 N–H and O–H groups in total. The Morgan fingerprint density at radius 1 is 1.39 bits per heavy atom. The van der Waals surface area contributed by atoms with E-state index < -0.39 is 0 Å². The van der Waals surface area contributed by atoms with Gasteiger partial charge in [0.05, 0.1) is 4.47 Å². The summed E-state index contributed by atoms with van der Waals surface area (Å²) in [6, 6.07) is 0. The van der Waals surface area contributed by atoms with Crippen molar-refractivity contribution in [1.82, 2.24) is 9.97 Å². The lowest BCUT2D eigenvalue weighted by Crippen LogP contribution is -2.23. The van der Waals surface area contributed by atoms with Gasteiger partial charge in [0, 0.05) is 32.5 Å². The van der Waals surface area contributed by atoms with Gasteiger partial charge in [-0.15, -0.1) is 0 Å². The van der Waals surface area contributed by atoms with Gasteiger partial charge in [-0.1, -0.05) is 0 Å². The largest absolute Gasteiger partial charge is 0.381 e. The van der Waals surface area contributed by atoms with E-state index in [1.165, 1.54) is 0 Å². The summed E-state index contributed by atoms with van der Waals surface area (Å²) in [5, 5.41) is 6.50. The van der Waals surface area contributed by atoms with E-state index in [1.54, 1.807) is 6.20 Å². The third-order valence-electron chi connectivity index (χ3n) is 2.98. The smallest absolute Gasteiger partial charge is 0.224 e. The summed E-state index contributed by atoms with van der Waals surface area (Å²) in [5.74, 6) is 2.19. The number of hydrogen-bond acceptors (Lipinski definition) is 5. The van der Waals surface area contributed by atoms with Gasteiger partial charge in [-0.25, -0.2) is 4.98 Å². The number of nitrogens with zero attached hydrogens (tertiary/aromatic N) is 2. The topological polar surface area (TPSA) is 59.1 Å². The Balaban J connectivity index is 1.92. The summed E-state index contributed by atoms with van der Waals surface area (Å²) in [5.41, 5.74) is 0. The third kappa shape index (κ3) is 3.81. The number of hydrogen-bond donors (Lipinski definition) is 2. The van der Waals surface area contributed by atoms with Crippen LogP contribution in [0.2, 0.25) is 0 Å². The van der Waals surface area contributed by atoms with Crippen molar-refractivity contribution < 1.29 is 4.74 Å². The molecule has 0 spiro atoms. The van der Waals surface area contributed by atoms with Gasteiger partial charge in [-0.2, -0.15) is 4.98 Å². The molecule has 1 aliphatic rings. The lowest BCUT2D eigenvalue weighted by molar-refractivity contribution is 0.0699. The van der Waals surface area contributed by atoms with Gasteiger partial charge in [-0.05, 0) is 41.6 Å². The highest BCUT2D eigenvalue weighted by Crippen LogP contribution is 2.22. The summed E-state index contributed by atoms with van der Waals surface area (Å²) in [6.45, 7) is 5.53. The molecule has 2 heterocycles. The molecule has 1 aromatic rings. The fourth-order valence-electron chi connectivity index (χ4n) is 1.93. The van der Waals surface area contributed by atoms with E-state index in [4.69, 9.17) is 4.74 Å². The van der Waals surface area contributed by atoms with E-state index in [-0.39, 0.29) is 0 Å². The fraction of sp³-hybridized carbons (Fsp3) is 0.667. The third-order valence-corrected chi connectivity index (χ3v) is 3.56. The second-order valence-electron chi connectivity index (χ2n) is 4.36. The molecule has 5 nitrogen and oxygen atoms in total. The molecule has 1 aromatic heterocycles. The Bertz CT molecular complexity index is 382. The lowest BCUT2D eigenvalue weighted by atomic mass is 10.0. The van der Waals surface area contributed by atoms with Crippen LogP contribution in [0, 0.1) is 5.92 Å². The van der Waals surface area contributed by atoms with E-state index in [2.05, 4.69) is 36.5 Å². The molecule has 0 radical (unpaired) electrons. The number of rotatable bonds is 5. The zero-order valence-corrected chi connectivity index (χ0v) is 12.2. The molecule has 0 atom stereocenters. The Hall–Kier alpha value is -0.880. The first-order valence-electron chi connectivity index (χ1n) is 6.37. The number of halogens is 1. The van der Waals surface area contributed by atoms with Crippen LogP contribution in [0.1, 0.15) is 19.8 Å². The van der Waals surface area contributed by atoms with Crippen molar-refractivity contribution in [2.75, 3.05) is 36.9 Å². The maximum atomic E-state index is 5.35. The molecular weight excluding hydrogens is 296 g/mol. The molecular formula is C12H19BrN4O. The summed E-state index contributed by atoms with van der Waals surface area (Å²) in [4.78, 5) is 8.63. The highest BCUT2D eigenvalue weighted by Gasteiger charge is 2.14. The molecule has 0 aliphatic carbocycles.